The molecule has 3 rings (SSSR count). The molecule has 5 atom stereocenters. The van der Waals surface area contributed by atoms with Gasteiger partial charge in [-0.25, -0.2) is 0 Å². The Labute approximate surface area is 177 Å². The summed E-state index contributed by atoms with van der Waals surface area (Å²) in [5.41, 5.74) is 2.22. The zero-order chi connectivity index (χ0) is 19.1. The average molecular weight is 500 g/mol. The Morgan fingerprint density at radius 1 is 0.852 bits per heavy atom. The third-order valence-corrected chi connectivity index (χ3v) is 6.27. The Balaban J connectivity index is 1.73. The van der Waals surface area contributed by atoms with Gasteiger partial charge in [0.2, 0.25) is 0 Å². The van der Waals surface area contributed by atoms with Gasteiger partial charge in [0.15, 0.2) is 6.29 Å². The highest BCUT2D eigenvalue weighted by Crippen LogP contribution is 2.33. The van der Waals surface area contributed by atoms with Gasteiger partial charge in [-0.05, 0) is 11.1 Å². The van der Waals surface area contributed by atoms with Crippen LogP contribution < -0.4 is 0 Å². The van der Waals surface area contributed by atoms with Gasteiger partial charge in [0.25, 0.3) is 0 Å². The Kier molecular flexibility index (Phi) is 8.30. The molecule has 1 fully saturated rings. The lowest BCUT2D eigenvalue weighted by molar-refractivity contribution is -0.272. The minimum atomic E-state index is -0.495. The third kappa shape index (κ3) is 5.62. The molecule has 0 N–H and O–H groups in total. The van der Waals surface area contributed by atoms with Crippen LogP contribution in [0, 0.1) is 0 Å². The van der Waals surface area contributed by atoms with Crippen molar-refractivity contribution in [1.29, 1.82) is 0 Å². The molecular weight excluding hydrogens is 476 g/mol. The van der Waals surface area contributed by atoms with Crippen LogP contribution in [-0.4, -0.2) is 41.9 Å². The van der Waals surface area contributed by atoms with Crippen LogP contribution in [0.25, 0.3) is 0 Å². The quantitative estimate of drug-likeness (QED) is 0.494. The molecule has 1 heterocycles. The second-order valence-corrected chi connectivity index (χ2v) is 8.10. The minimum Gasteiger partial charge on any atom is -0.369 e. The van der Waals surface area contributed by atoms with Crippen LogP contribution >= 0.6 is 31.9 Å². The fraction of sp³-hybridized carbons (Fsp3) is 0.429. The number of hydrogen-bond acceptors (Lipinski definition) is 4. The largest absolute Gasteiger partial charge is 0.369 e. The summed E-state index contributed by atoms with van der Waals surface area (Å²) in [5, 5.41) is 0.680. The first-order valence-corrected chi connectivity index (χ1v) is 11.0. The van der Waals surface area contributed by atoms with Gasteiger partial charge in [0.05, 0.1) is 24.1 Å². The maximum atomic E-state index is 6.29. The van der Waals surface area contributed by atoms with Crippen molar-refractivity contribution in [3.63, 3.8) is 0 Å². The van der Waals surface area contributed by atoms with Crippen molar-refractivity contribution in [3.05, 3.63) is 71.8 Å². The zero-order valence-electron chi connectivity index (χ0n) is 15.2. The Morgan fingerprint density at radius 2 is 1.37 bits per heavy atom. The van der Waals surface area contributed by atoms with E-state index < -0.39 is 6.29 Å². The third-order valence-electron chi connectivity index (χ3n) is 4.52. The molecule has 0 unspecified atom stereocenters. The number of alkyl halides is 2. The molecule has 27 heavy (non-hydrogen) atoms. The molecule has 6 heteroatoms. The van der Waals surface area contributed by atoms with E-state index in [0.29, 0.717) is 18.5 Å². The van der Waals surface area contributed by atoms with E-state index in [2.05, 4.69) is 44.0 Å². The fourth-order valence-electron chi connectivity index (χ4n) is 3.08. The van der Waals surface area contributed by atoms with Crippen LogP contribution in [0.1, 0.15) is 11.1 Å². The molecule has 1 aliphatic heterocycles. The number of ether oxygens (including phenoxy) is 4. The second-order valence-electron chi connectivity index (χ2n) is 6.40. The van der Waals surface area contributed by atoms with E-state index in [0.717, 1.165) is 11.1 Å². The number of halogens is 2. The Hall–Kier alpha value is -0.760. The highest BCUT2D eigenvalue weighted by Gasteiger charge is 2.46. The second kappa shape index (κ2) is 10.7. The smallest absolute Gasteiger partial charge is 0.186 e. The molecule has 146 valence electrons. The van der Waals surface area contributed by atoms with E-state index in [1.165, 1.54) is 0 Å². The fourth-order valence-corrected chi connectivity index (χ4v) is 4.90. The summed E-state index contributed by atoms with van der Waals surface area (Å²) in [6, 6.07) is 20.2. The molecule has 2 aromatic carbocycles. The first kappa shape index (κ1) is 21.0. The lowest BCUT2D eigenvalue weighted by Gasteiger charge is -2.43. The molecule has 0 bridgehead atoms. The molecule has 4 nitrogen and oxygen atoms in total. The van der Waals surface area contributed by atoms with Crippen molar-refractivity contribution in [2.75, 3.05) is 12.4 Å². The minimum absolute atomic E-state index is 0.0206. The maximum Gasteiger partial charge on any atom is 0.186 e. The van der Waals surface area contributed by atoms with E-state index in [-0.39, 0.29) is 23.1 Å². The van der Waals surface area contributed by atoms with E-state index in [4.69, 9.17) is 18.9 Å². The summed E-state index contributed by atoms with van der Waals surface area (Å²) < 4.78 is 24.2. The molecule has 0 radical (unpaired) electrons. The van der Waals surface area contributed by atoms with Gasteiger partial charge in [-0.15, -0.1) is 0 Å². The molecule has 2 aromatic rings. The van der Waals surface area contributed by atoms with Gasteiger partial charge < -0.3 is 18.9 Å². The zero-order valence-corrected chi connectivity index (χ0v) is 18.3. The number of hydrogen-bond donors (Lipinski definition) is 0. The van der Waals surface area contributed by atoms with Crippen molar-refractivity contribution in [1.82, 2.24) is 0 Å². The highest BCUT2D eigenvalue weighted by molar-refractivity contribution is 9.10. The Morgan fingerprint density at radius 3 is 1.85 bits per heavy atom. The maximum absolute atomic E-state index is 6.29. The van der Waals surface area contributed by atoms with Crippen LogP contribution in [0.4, 0.5) is 0 Å². The van der Waals surface area contributed by atoms with Crippen molar-refractivity contribution in [3.8, 4) is 0 Å². The summed E-state index contributed by atoms with van der Waals surface area (Å²) in [4.78, 5) is -0.0206. The number of methoxy groups -OCH3 is 1. The molecule has 1 aliphatic rings. The van der Waals surface area contributed by atoms with Gasteiger partial charge in [0.1, 0.15) is 12.2 Å². The summed E-state index contributed by atoms with van der Waals surface area (Å²) in [6.45, 7) is 0.975. The molecule has 0 spiro atoms. The Bertz CT molecular complexity index is 670. The molecular formula is C21H24Br2O4. The standard InChI is InChI=1S/C21H24Br2O4/c1-24-21-20(26-14-16-10-6-3-7-11-16)19(18(23)17(12-22)27-21)25-13-15-8-4-2-5-9-15/h2-11,17-21H,12-14H2,1H3/t17-,18+,19+,20-,21+/m1/s1. The monoisotopic (exact) mass is 498 g/mol. The van der Waals surface area contributed by atoms with E-state index in [9.17, 15) is 0 Å². The van der Waals surface area contributed by atoms with Crippen molar-refractivity contribution in [2.24, 2.45) is 0 Å². The van der Waals surface area contributed by atoms with Gasteiger partial charge in [-0.1, -0.05) is 92.5 Å². The van der Waals surface area contributed by atoms with Crippen LogP contribution in [0.2, 0.25) is 0 Å². The van der Waals surface area contributed by atoms with Crippen LogP contribution in [0.3, 0.4) is 0 Å². The van der Waals surface area contributed by atoms with E-state index in [1.807, 2.05) is 48.5 Å². The van der Waals surface area contributed by atoms with Gasteiger partial charge >= 0.3 is 0 Å². The van der Waals surface area contributed by atoms with E-state index in [1.54, 1.807) is 7.11 Å². The highest BCUT2D eigenvalue weighted by atomic mass is 79.9. The van der Waals surface area contributed by atoms with Crippen LogP contribution in [0.5, 0.6) is 0 Å². The molecule has 1 saturated heterocycles. The molecule has 0 aliphatic carbocycles. The predicted octanol–water partition coefficient (Wildman–Crippen LogP) is 4.69. The van der Waals surface area contributed by atoms with Crippen LogP contribution in [-0.2, 0) is 32.2 Å². The van der Waals surface area contributed by atoms with Gasteiger partial charge in [0, 0.05) is 12.4 Å². The first-order valence-electron chi connectivity index (χ1n) is 8.92. The summed E-state index contributed by atoms with van der Waals surface area (Å²) in [7, 11) is 1.64. The lowest BCUT2D eigenvalue weighted by Crippen LogP contribution is -2.58. The van der Waals surface area contributed by atoms with Crippen molar-refractivity contribution in [2.45, 2.75) is 42.6 Å². The van der Waals surface area contributed by atoms with E-state index >= 15 is 0 Å². The molecule has 0 aromatic heterocycles. The summed E-state index contributed by atoms with van der Waals surface area (Å²) in [6.07, 6.45) is -1.13. The summed E-state index contributed by atoms with van der Waals surface area (Å²) >= 11 is 7.28. The first-order chi connectivity index (χ1) is 13.2. The number of rotatable bonds is 8. The topological polar surface area (TPSA) is 36.9 Å². The number of benzene rings is 2. The normalized spacial score (nSPS) is 28.2. The molecule has 0 amide bonds. The SMILES string of the molecule is CO[C@H]1O[C@H](CBr)[C@H](Br)[C@H](OCc2ccccc2)[C@H]1OCc1ccccc1. The van der Waals surface area contributed by atoms with Crippen LogP contribution in [0.15, 0.2) is 60.7 Å². The van der Waals surface area contributed by atoms with Gasteiger partial charge in [-0.2, -0.15) is 0 Å². The van der Waals surface area contributed by atoms with Crippen molar-refractivity contribution < 1.29 is 18.9 Å². The van der Waals surface area contributed by atoms with Crippen molar-refractivity contribution >= 4 is 31.9 Å². The van der Waals surface area contributed by atoms with Gasteiger partial charge in [-0.3, -0.25) is 0 Å². The molecule has 0 saturated carbocycles. The average Bonchev–Trinajstić information content (AvgIpc) is 2.73. The predicted molar refractivity (Wildman–Crippen MR) is 112 cm³/mol. The lowest BCUT2D eigenvalue weighted by atomic mass is 10.0. The summed E-state index contributed by atoms with van der Waals surface area (Å²) in [5.74, 6) is 0.